The molecule has 0 saturated heterocycles. The van der Waals surface area contributed by atoms with Crippen molar-refractivity contribution in [2.75, 3.05) is 13.7 Å². The molecule has 1 aromatic heterocycles. The maximum Gasteiger partial charge on any atom is 0.337 e. The molecule has 0 unspecified atom stereocenters. The quantitative estimate of drug-likeness (QED) is 0.443. The van der Waals surface area contributed by atoms with Crippen LogP contribution in [-0.4, -0.2) is 40.3 Å². The number of rotatable bonds is 7. The van der Waals surface area contributed by atoms with E-state index in [1.54, 1.807) is 29.7 Å². The number of hydrogen-bond acceptors (Lipinski definition) is 6. The number of nitrogens with one attached hydrogen (secondary N) is 1. The molecule has 0 radical (unpaired) electrons. The van der Waals surface area contributed by atoms with Gasteiger partial charge in [-0.15, -0.1) is 0 Å². The fourth-order valence-electron chi connectivity index (χ4n) is 2.59. The maximum atomic E-state index is 13.0. The molecule has 0 saturated carbocycles. The first-order chi connectivity index (χ1) is 12.8. The molecule has 0 aliphatic heterocycles. The van der Waals surface area contributed by atoms with E-state index in [2.05, 4.69) is 10.3 Å². The molecule has 1 aromatic carbocycles. The van der Waals surface area contributed by atoms with Gasteiger partial charge in [0.05, 0.1) is 28.8 Å². The van der Waals surface area contributed by atoms with Crippen molar-refractivity contribution in [3.8, 4) is 0 Å². The lowest BCUT2D eigenvalue weighted by atomic mass is 10.1. The Morgan fingerprint density at radius 3 is 2.59 bits per heavy atom. The molecule has 1 N–H and O–H groups in total. The number of fused-ring (bicyclic) bond motifs is 1. The first kappa shape index (κ1) is 21.0. The molecule has 2 rings (SSSR count). The van der Waals surface area contributed by atoms with Gasteiger partial charge in [0.2, 0.25) is 5.91 Å². The van der Waals surface area contributed by atoms with Crippen LogP contribution in [0.25, 0.3) is 10.9 Å². The Kier molecular flexibility index (Phi) is 7.01. The van der Waals surface area contributed by atoms with Crippen LogP contribution in [0, 0.1) is 5.92 Å². The van der Waals surface area contributed by atoms with Crippen LogP contribution in [0.5, 0.6) is 0 Å². The van der Waals surface area contributed by atoms with Crippen molar-refractivity contribution in [2.45, 2.75) is 44.6 Å². The van der Waals surface area contributed by atoms with Crippen molar-refractivity contribution in [3.05, 3.63) is 34.1 Å². The lowest BCUT2D eigenvalue weighted by molar-refractivity contribution is -0.120. The Balaban J connectivity index is 2.58. The number of aromatic nitrogens is 2. The van der Waals surface area contributed by atoms with Crippen LogP contribution in [0.2, 0.25) is 0 Å². The summed E-state index contributed by atoms with van der Waals surface area (Å²) in [6.07, 6.45) is 0. The first-order valence-electron chi connectivity index (χ1n) is 8.85. The van der Waals surface area contributed by atoms with Gasteiger partial charge in [0, 0.05) is 13.1 Å². The summed E-state index contributed by atoms with van der Waals surface area (Å²) in [6.45, 7) is 8.68. The summed E-state index contributed by atoms with van der Waals surface area (Å²) in [7, 11) is 1.30. The van der Waals surface area contributed by atoms with Gasteiger partial charge in [0.15, 0.2) is 5.16 Å². The summed E-state index contributed by atoms with van der Waals surface area (Å²) < 4.78 is 6.34. The number of benzene rings is 1. The topological polar surface area (TPSA) is 90.3 Å². The van der Waals surface area contributed by atoms with Crippen molar-refractivity contribution in [1.82, 2.24) is 14.9 Å². The highest BCUT2D eigenvalue weighted by Gasteiger charge is 2.20. The number of nitrogens with zero attached hydrogens (tertiary/aromatic N) is 2. The summed E-state index contributed by atoms with van der Waals surface area (Å²) in [4.78, 5) is 41.5. The third-order valence-electron chi connectivity index (χ3n) is 3.89. The van der Waals surface area contributed by atoms with E-state index in [-0.39, 0.29) is 17.4 Å². The van der Waals surface area contributed by atoms with E-state index >= 15 is 0 Å². The molecule has 0 bridgehead atoms. The van der Waals surface area contributed by atoms with Gasteiger partial charge in [-0.2, -0.15) is 0 Å². The Morgan fingerprint density at radius 2 is 2.00 bits per heavy atom. The molecular weight excluding hydrogens is 366 g/mol. The number of amides is 1. The SMILES string of the molecule is CCNC(=O)[C@H](C)Sc1nc2cc(C(=O)OC)ccc2c(=O)n1CC(C)C. The third-order valence-corrected chi connectivity index (χ3v) is 4.98. The van der Waals surface area contributed by atoms with Crippen LogP contribution < -0.4 is 10.9 Å². The maximum absolute atomic E-state index is 13.0. The second-order valence-corrected chi connectivity index (χ2v) is 7.89. The standard InChI is InChI=1S/C19H25N3O4S/c1-6-20-16(23)12(4)27-19-21-15-9-13(18(25)26-5)7-8-14(15)17(24)22(19)10-11(2)3/h7-9,11-12H,6,10H2,1-5H3,(H,20,23)/t12-/m0/s1. The first-order valence-corrected chi connectivity index (χ1v) is 9.73. The van der Waals surface area contributed by atoms with E-state index in [1.165, 1.54) is 18.9 Å². The van der Waals surface area contributed by atoms with Crippen molar-refractivity contribution >= 4 is 34.5 Å². The number of thioether (sulfide) groups is 1. The average molecular weight is 391 g/mol. The van der Waals surface area contributed by atoms with Gasteiger partial charge in [-0.1, -0.05) is 25.6 Å². The molecule has 0 fully saturated rings. The van der Waals surface area contributed by atoms with Gasteiger partial charge in [0.1, 0.15) is 0 Å². The molecule has 146 valence electrons. The lowest BCUT2D eigenvalue weighted by Gasteiger charge is -2.17. The van der Waals surface area contributed by atoms with Gasteiger partial charge in [-0.05, 0) is 38.0 Å². The van der Waals surface area contributed by atoms with Crippen molar-refractivity contribution in [2.24, 2.45) is 5.92 Å². The van der Waals surface area contributed by atoms with E-state index < -0.39 is 11.2 Å². The van der Waals surface area contributed by atoms with Crippen LogP contribution in [0.15, 0.2) is 28.2 Å². The third kappa shape index (κ3) is 4.88. The predicted molar refractivity (Wildman–Crippen MR) is 106 cm³/mol. The Morgan fingerprint density at radius 1 is 1.30 bits per heavy atom. The zero-order valence-electron chi connectivity index (χ0n) is 16.2. The minimum atomic E-state index is -0.491. The molecule has 0 aliphatic rings. The number of carbonyl (C=O) groups excluding carboxylic acids is 2. The number of esters is 1. The average Bonchev–Trinajstić information content (AvgIpc) is 2.63. The van der Waals surface area contributed by atoms with E-state index in [1.807, 2.05) is 20.8 Å². The molecule has 0 aliphatic carbocycles. The summed E-state index contributed by atoms with van der Waals surface area (Å²) in [5.41, 5.74) is 0.551. The molecule has 27 heavy (non-hydrogen) atoms. The molecule has 8 heteroatoms. The lowest BCUT2D eigenvalue weighted by Crippen LogP contribution is -2.32. The fourth-order valence-corrected chi connectivity index (χ4v) is 3.53. The van der Waals surface area contributed by atoms with Crippen LogP contribution >= 0.6 is 11.8 Å². The number of methoxy groups -OCH3 is 1. The van der Waals surface area contributed by atoms with Crippen LogP contribution in [0.3, 0.4) is 0 Å². The highest BCUT2D eigenvalue weighted by atomic mass is 32.2. The molecule has 2 aromatic rings. The summed E-state index contributed by atoms with van der Waals surface area (Å²) in [6, 6.07) is 4.69. The summed E-state index contributed by atoms with van der Waals surface area (Å²) >= 11 is 1.23. The fraction of sp³-hybridized carbons (Fsp3) is 0.474. The highest BCUT2D eigenvalue weighted by Crippen LogP contribution is 2.24. The zero-order chi connectivity index (χ0) is 20.1. The van der Waals surface area contributed by atoms with E-state index in [0.717, 1.165) is 0 Å². The summed E-state index contributed by atoms with van der Waals surface area (Å²) in [5.74, 6) is -0.373. The second kappa shape index (κ2) is 9.03. The number of ether oxygens (including phenoxy) is 1. The minimum absolute atomic E-state index is 0.115. The Hall–Kier alpha value is -2.35. The number of hydrogen-bond donors (Lipinski definition) is 1. The van der Waals surface area contributed by atoms with Crippen molar-refractivity contribution < 1.29 is 14.3 Å². The van der Waals surface area contributed by atoms with Gasteiger partial charge in [-0.25, -0.2) is 9.78 Å². The molecule has 7 nitrogen and oxygen atoms in total. The van der Waals surface area contributed by atoms with Gasteiger partial charge in [0.25, 0.3) is 5.56 Å². The van der Waals surface area contributed by atoms with Crippen LogP contribution in [0.1, 0.15) is 38.1 Å². The van der Waals surface area contributed by atoms with Crippen LogP contribution in [0.4, 0.5) is 0 Å². The molecule has 1 heterocycles. The molecular formula is C19H25N3O4S. The van der Waals surface area contributed by atoms with Crippen molar-refractivity contribution in [3.63, 3.8) is 0 Å². The normalized spacial score (nSPS) is 12.2. The van der Waals surface area contributed by atoms with Gasteiger partial charge < -0.3 is 10.1 Å². The van der Waals surface area contributed by atoms with E-state index in [0.29, 0.717) is 34.7 Å². The van der Waals surface area contributed by atoms with Gasteiger partial charge in [-0.3, -0.25) is 14.2 Å². The smallest absolute Gasteiger partial charge is 0.337 e. The predicted octanol–water partition coefficient (Wildman–Crippen LogP) is 2.46. The molecule has 1 amide bonds. The van der Waals surface area contributed by atoms with Crippen LogP contribution in [-0.2, 0) is 16.1 Å². The Labute approximate surface area is 162 Å². The minimum Gasteiger partial charge on any atom is -0.465 e. The highest BCUT2D eigenvalue weighted by molar-refractivity contribution is 8.00. The second-order valence-electron chi connectivity index (χ2n) is 6.58. The number of carbonyl (C=O) groups is 2. The van der Waals surface area contributed by atoms with Gasteiger partial charge >= 0.3 is 5.97 Å². The monoisotopic (exact) mass is 391 g/mol. The molecule has 0 spiro atoms. The van der Waals surface area contributed by atoms with Crippen molar-refractivity contribution in [1.29, 1.82) is 0 Å². The van der Waals surface area contributed by atoms with E-state index in [4.69, 9.17) is 4.74 Å². The zero-order valence-corrected chi connectivity index (χ0v) is 17.1. The Bertz CT molecular complexity index is 908. The van der Waals surface area contributed by atoms with E-state index in [9.17, 15) is 14.4 Å². The molecule has 1 atom stereocenters. The largest absolute Gasteiger partial charge is 0.465 e. The summed E-state index contributed by atoms with van der Waals surface area (Å²) in [5, 5.41) is 3.26.